The van der Waals surface area contributed by atoms with Crippen molar-refractivity contribution in [2.24, 2.45) is 11.8 Å². The summed E-state index contributed by atoms with van der Waals surface area (Å²) in [7, 11) is 0. The summed E-state index contributed by atoms with van der Waals surface area (Å²) in [6.45, 7) is 9.20. The molecule has 2 unspecified atom stereocenters. The van der Waals surface area contributed by atoms with Gasteiger partial charge in [-0.25, -0.2) is 5.84 Å². The van der Waals surface area contributed by atoms with Crippen molar-refractivity contribution in [3.05, 3.63) is 0 Å². The fourth-order valence-electron chi connectivity index (χ4n) is 2.38. The highest BCUT2D eigenvalue weighted by molar-refractivity contribution is 5.40. The average Bonchev–Trinajstić information content (AvgIpc) is 2.67. The van der Waals surface area contributed by atoms with Crippen LogP contribution in [0.1, 0.15) is 34.1 Å². The predicted octanol–water partition coefficient (Wildman–Crippen LogP) is 1.18. The Bertz CT molecular complexity index is 438. The second kappa shape index (κ2) is 5.56. The van der Waals surface area contributed by atoms with Crippen molar-refractivity contribution in [3.63, 3.8) is 0 Å². The molecule has 1 saturated heterocycles. The SMILES string of the molecule is CC1CC(C)N(c2nc(NN)nc(OC(C)C)n2)C1. The minimum absolute atomic E-state index is 0.01000. The molecule has 2 heterocycles. The summed E-state index contributed by atoms with van der Waals surface area (Å²) in [6, 6.07) is 0.717. The van der Waals surface area contributed by atoms with Crippen LogP contribution in [0.5, 0.6) is 6.01 Å². The lowest BCUT2D eigenvalue weighted by Gasteiger charge is -2.22. The highest BCUT2D eigenvalue weighted by atomic mass is 16.5. The zero-order valence-corrected chi connectivity index (χ0v) is 11.9. The van der Waals surface area contributed by atoms with E-state index in [4.69, 9.17) is 10.6 Å². The van der Waals surface area contributed by atoms with Gasteiger partial charge in [0.15, 0.2) is 0 Å². The van der Waals surface area contributed by atoms with Crippen molar-refractivity contribution in [1.29, 1.82) is 0 Å². The van der Waals surface area contributed by atoms with E-state index in [2.05, 4.69) is 39.1 Å². The van der Waals surface area contributed by atoms with E-state index in [1.807, 2.05) is 13.8 Å². The summed E-state index contributed by atoms with van der Waals surface area (Å²) in [5, 5.41) is 0. The fraction of sp³-hybridized carbons (Fsp3) is 0.750. The lowest BCUT2D eigenvalue weighted by Crippen LogP contribution is -2.29. The number of ether oxygens (including phenoxy) is 1. The van der Waals surface area contributed by atoms with Crippen molar-refractivity contribution >= 4 is 11.9 Å². The summed E-state index contributed by atoms with van der Waals surface area (Å²) < 4.78 is 5.53. The van der Waals surface area contributed by atoms with E-state index in [1.165, 1.54) is 0 Å². The number of anilines is 2. The van der Waals surface area contributed by atoms with Crippen molar-refractivity contribution in [2.45, 2.75) is 46.3 Å². The number of aromatic nitrogens is 3. The van der Waals surface area contributed by atoms with Crippen molar-refractivity contribution in [2.75, 3.05) is 16.9 Å². The Hall–Kier alpha value is -1.63. The number of nitrogens with two attached hydrogens (primary N) is 1. The molecule has 0 amide bonds. The Labute approximate surface area is 113 Å². The first kappa shape index (κ1) is 13.8. The van der Waals surface area contributed by atoms with Crippen LogP contribution >= 0.6 is 0 Å². The molecule has 106 valence electrons. The first-order chi connectivity index (χ1) is 8.99. The number of rotatable bonds is 4. The summed E-state index contributed by atoms with van der Waals surface area (Å²) in [6.07, 6.45) is 1.15. The van der Waals surface area contributed by atoms with Gasteiger partial charge in [0, 0.05) is 12.6 Å². The summed E-state index contributed by atoms with van der Waals surface area (Å²) in [5.74, 6) is 6.98. The molecule has 0 radical (unpaired) electrons. The minimum atomic E-state index is 0.01000. The van der Waals surface area contributed by atoms with E-state index in [9.17, 15) is 0 Å². The largest absolute Gasteiger partial charge is 0.461 e. The Morgan fingerprint density at radius 1 is 1.32 bits per heavy atom. The standard InChI is InChI=1S/C12H22N6O/c1-7(2)19-12-15-10(17-13)14-11(16-12)18-6-8(3)5-9(18)4/h7-9H,5-6,13H2,1-4H3,(H,14,15,16,17). The van der Waals surface area contributed by atoms with Gasteiger partial charge in [0.25, 0.3) is 0 Å². The third-order valence-electron chi connectivity index (χ3n) is 3.11. The molecule has 1 aromatic heterocycles. The summed E-state index contributed by atoms with van der Waals surface area (Å²) >= 11 is 0. The van der Waals surface area contributed by atoms with Crippen LogP contribution in [0, 0.1) is 5.92 Å². The van der Waals surface area contributed by atoms with Gasteiger partial charge in [-0.15, -0.1) is 0 Å². The maximum atomic E-state index is 5.53. The first-order valence-corrected chi connectivity index (χ1v) is 6.65. The molecule has 0 aliphatic carbocycles. The molecule has 1 aliphatic rings. The second-order valence-electron chi connectivity index (χ2n) is 5.39. The van der Waals surface area contributed by atoms with Gasteiger partial charge >= 0.3 is 6.01 Å². The predicted molar refractivity (Wildman–Crippen MR) is 74.0 cm³/mol. The third kappa shape index (κ3) is 3.23. The molecule has 1 fully saturated rings. The molecule has 3 N–H and O–H groups in total. The van der Waals surface area contributed by atoms with E-state index in [-0.39, 0.29) is 6.10 Å². The van der Waals surface area contributed by atoms with Crippen LogP contribution in [0.3, 0.4) is 0 Å². The van der Waals surface area contributed by atoms with Crippen molar-refractivity contribution in [3.8, 4) is 6.01 Å². The molecular formula is C12H22N6O. The minimum Gasteiger partial charge on any atom is -0.461 e. The quantitative estimate of drug-likeness (QED) is 0.624. The number of nitrogen functional groups attached to an aromatic ring is 1. The lowest BCUT2D eigenvalue weighted by atomic mass is 10.1. The third-order valence-corrected chi connectivity index (χ3v) is 3.11. The van der Waals surface area contributed by atoms with Gasteiger partial charge in [-0.2, -0.15) is 15.0 Å². The van der Waals surface area contributed by atoms with Crippen molar-refractivity contribution in [1.82, 2.24) is 15.0 Å². The van der Waals surface area contributed by atoms with Crippen LogP contribution in [0.25, 0.3) is 0 Å². The number of nitrogens with one attached hydrogen (secondary N) is 1. The van der Waals surface area contributed by atoms with Gasteiger partial charge in [0.2, 0.25) is 11.9 Å². The molecule has 0 spiro atoms. The van der Waals surface area contributed by atoms with Gasteiger partial charge in [-0.3, -0.25) is 5.43 Å². The van der Waals surface area contributed by atoms with Crippen LogP contribution in [0.2, 0.25) is 0 Å². The smallest absolute Gasteiger partial charge is 0.323 e. The highest BCUT2D eigenvalue weighted by Crippen LogP contribution is 2.27. The maximum absolute atomic E-state index is 5.53. The van der Waals surface area contributed by atoms with E-state index in [1.54, 1.807) is 0 Å². The molecule has 19 heavy (non-hydrogen) atoms. The topological polar surface area (TPSA) is 89.2 Å². The Morgan fingerprint density at radius 3 is 2.58 bits per heavy atom. The number of nitrogens with zero attached hydrogens (tertiary/aromatic N) is 4. The lowest BCUT2D eigenvalue weighted by molar-refractivity contribution is 0.222. The molecule has 7 heteroatoms. The number of hydrogen-bond acceptors (Lipinski definition) is 7. The summed E-state index contributed by atoms with van der Waals surface area (Å²) in [4.78, 5) is 15.0. The molecule has 1 aromatic rings. The average molecular weight is 266 g/mol. The summed E-state index contributed by atoms with van der Waals surface area (Å²) in [5.41, 5.74) is 2.46. The van der Waals surface area contributed by atoms with Crippen LogP contribution < -0.4 is 20.9 Å². The molecule has 0 aromatic carbocycles. The van der Waals surface area contributed by atoms with Crippen LogP contribution in [-0.2, 0) is 0 Å². The Morgan fingerprint density at radius 2 is 2.05 bits per heavy atom. The zero-order valence-electron chi connectivity index (χ0n) is 11.9. The van der Waals surface area contributed by atoms with Crippen LogP contribution in [0.15, 0.2) is 0 Å². The molecule has 0 bridgehead atoms. The molecule has 0 saturated carbocycles. The van der Waals surface area contributed by atoms with Gasteiger partial charge in [0.1, 0.15) is 0 Å². The molecule has 2 rings (SSSR count). The van der Waals surface area contributed by atoms with E-state index in [0.29, 0.717) is 29.9 Å². The van der Waals surface area contributed by atoms with Crippen molar-refractivity contribution < 1.29 is 4.74 Å². The molecule has 7 nitrogen and oxygen atoms in total. The van der Waals surface area contributed by atoms with Gasteiger partial charge in [0.05, 0.1) is 6.10 Å². The fourth-order valence-corrected chi connectivity index (χ4v) is 2.38. The monoisotopic (exact) mass is 266 g/mol. The van der Waals surface area contributed by atoms with Gasteiger partial charge < -0.3 is 9.64 Å². The normalized spacial score (nSPS) is 22.9. The second-order valence-corrected chi connectivity index (χ2v) is 5.39. The number of hydrogen-bond donors (Lipinski definition) is 2. The molecule has 2 atom stereocenters. The molecular weight excluding hydrogens is 244 g/mol. The van der Waals surface area contributed by atoms with Gasteiger partial charge in [-0.05, 0) is 33.1 Å². The zero-order chi connectivity index (χ0) is 14.0. The van der Waals surface area contributed by atoms with Gasteiger partial charge in [-0.1, -0.05) is 6.92 Å². The van der Waals surface area contributed by atoms with Crippen LogP contribution in [-0.4, -0.2) is 33.6 Å². The van der Waals surface area contributed by atoms with Crippen LogP contribution in [0.4, 0.5) is 11.9 Å². The maximum Gasteiger partial charge on any atom is 0.323 e. The number of hydrazine groups is 1. The first-order valence-electron chi connectivity index (χ1n) is 6.65. The van der Waals surface area contributed by atoms with E-state index >= 15 is 0 Å². The molecule has 1 aliphatic heterocycles. The highest BCUT2D eigenvalue weighted by Gasteiger charge is 2.29. The van der Waals surface area contributed by atoms with E-state index in [0.717, 1.165) is 13.0 Å². The Kier molecular flexibility index (Phi) is 4.04. The van der Waals surface area contributed by atoms with E-state index < -0.39 is 0 Å². The Balaban J connectivity index is 2.28.